The predicted octanol–water partition coefficient (Wildman–Crippen LogP) is 4.56. The number of carbonyl (C=O) groups excluding carboxylic acids is 1. The van der Waals surface area contributed by atoms with Crippen LogP contribution in [-0.4, -0.2) is 12.0 Å². The molecule has 3 nitrogen and oxygen atoms in total. The Bertz CT molecular complexity index is 670. The van der Waals surface area contributed by atoms with Gasteiger partial charge in [0, 0.05) is 0 Å². The average molecular weight is 329 g/mol. The first-order valence-electron chi connectivity index (χ1n) is 8.33. The van der Waals surface area contributed by atoms with Crippen molar-refractivity contribution in [3.05, 3.63) is 65.5 Å². The van der Waals surface area contributed by atoms with Crippen molar-refractivity contribution in [2.75, 3.05) is 0 Å². The summed E-state index contributed by atoms with van der Waals surface area (Å²) in [6.07, 6.45) is 0.511. The largest absolute Gasteiger partial charge is 0.478 e. The lowest BCUT2D eigenvalue weighted by Gasteiger charge is -2.22. The predicted molar refractivity (Wildman–Crippen MR) is 93.5 cm³/mol. The third-order valence-corrected chi connectivity index (χ3v) is 3.97. The molecule has 0 saturated carbocycles. The lowest BCUT2D eigenvalue weighted by Crippen LogP contribution is -2.40. The van der Waals surface area contributed by atoms with Gasteiger partial charge in [-0.15, -0.1) is 0 Å². The fraction of sp³-hybridized carbons (Fsp3) is 0.350. The van der Waals surface area contributed by atoms with Crippen molar-refractivity contribution in [1.29, 1.82) is 0 Å². The van der Waals surface area contributed by atoms with Crippen LogP contribution in [0, 0.1) is 12.7 Å². The molecule has 0 aliphatic rings. The van der Waals surface area contributed by atoms with E-state index in [1.54, 1.807) is 12.1 Å². The molecule has 0 aromatic heterocycles. The molecule has 4 heteroatoms. The van der Waals surface area contributed by atoms with E-state index in [-0.39, 0.29) is 17.7 Å². The molecule has 0 aliphatic carbocycles. The van der Waals surface area contributed by atoms with Crippen LogP contribution in [0.25, 0.3) is 0 Å². The second-order valence-electron chi connectivity index (χ2n) is 5.83. The number of rotatable bonds is 7. The van der Waals surface area contributed by atoms with Gasteiger partial charge in [-0.2, -0.15) is 0 Å². The quantitative estimate of drug-likeness (QED) is 0.809. The van der Waals surface area contributed by atoms with Crippen LogP contribution in [0.4, 0.5) is 4.39 Å². The van der Waals surface area contributed by atoms with Crippen LogP contribution in [0.15, 0.2) is 48.5 Å². The molecule has 1 amide bonds. The third-order valence-electron chi connectivity index (χ3n) is 3.97. The SMILES string of the molecule is CCC(Oc1ccccc1F)C(=O)NC(CC)c1ccc(C)cc1. The van der Waals surface area contributed by atoms with Crippen LogP contribution in [0.5, 0.6) is 5.75 Å². The van der Waals surface area contributed by atoms with Crippen molar-refractivity contribution in [2.24, 2.45) is 0 Å². The third kappa shape index (κ3) is 4.57. The highest BCUT2D eigenvalue weighted by Gasteiger charge is 2.22. The standard InChI is InChI=1S/C20H24FNO2/c1-4-17(15-12-10-14(3)11-13-15)22-20(23)18(5-2)24-19-9-7-6-8-16(19)21/h6-13,17-18H,4-5H2,1-3H3,(H,22,23). The molecule has 2 atom stereocenters. The molecule has 0 spiro atoms. The molecule has 24 heavy (non-hydrogen) atoms. The molecule has 0 heterocycles. The van der Waals surface area contributed by atoms with Gasteiger partial charge in [0.1, 0.15) is 0 Å². The van der Waals surface area contributed by atoms with Crippen LogP contribution in [-0.2, 0) is 4.79 Å². The fourth-order valence-corrected chi connectivity index (χ4v) is 2.50. The number of carbonyl (C=O) groups is 1. The summed E-state index contributed by atoms with van der Waals surface area (Å²) < 4.78 is 19.3. The van der Waals surface area contributed by atoms with Crippen LogP contribution in [0.2, 0.25) is 0 Å². The second kappa shape index (κ2) is 8.48. The minimum atomic E-state index is -0.721. The first kappa shape index (κ1) is 18.0. The van der Waals surface area contributed by atoms with Crippen LogP contribution < -0.4 is 10.1 Å². The lowest BCUT2D eigenvalue weighted by atomic mass is 10.0. The molecule has 2 rings (SSSR count). The van der Waals surface area contributed by atoms with Gasteiger partial charge in [-0.05, 0) is 37.5 Å². The topological polar surface area (TPSA) is 38.3 Å². The smallest absolute Gasteiger partial charge is 0.261 e. The number of ether oxygens (including phenoxy) is 1. The maximum absolute atomic E-state index is 13.7. The zero-order valence-electron chi connectivity index (χ0n) is 14.4. The highest BCUT2D eigenvalue weighted by Crippen LogP contribution is 2.20. The Balaban J connectivity index is 2.07. The number of amides is 1. The molecule has 0 fully saturated rings. The monoisotopic (exact) mass is 329 g/mol. The number of hydrogen-bond acceptors (Lipinski definition) is 2. The van der Waals surface area contributed by atoms with E-state index in [9.17, 15) is 9.18 Å². The molecule has 0 aliphatic heterocycles. The molecule has 0 saturated heterocycles. The first-order chi connectivity index (χ1) is 11.5. The molecule has 2 aromatic carbocycles. The van der Waals surface area contributed by atoms with E-state index >= 15 is 0 Å². The number of nitrogens with one attached hydrogen (secondary N) is 1. The Hall–Kier alpha value is -2.36. The van der Waals surface area contributed by atoms with Gasteiger partial charge < -0.3 is 10.1 Å². The van der Waals surface area contributed by atoms with E-state index in [0.717, 1.165) is 12.0 Å². The molecule has 2 unspecified atom stereocenters. The van der Waals surface area contributed by atoms with Gasteiger partial charge in [0.2, 0.25) is 0 Å². The van der Waals surface area contributed by atoms with Crippen molar-refractivity contribution < 1.29 is 13.9 Å². The van der Waals surface area contributed by atoms with E-state index in [0.29, 0.717) is 6.42 Å². The summed E-state index contributed by atoms with van der Waals surface area (Å²) in [5.41, 5.74) is 2.23. The van der Waals surface area contributed by atoms with E-state index in [1.807, 2.05) is 45.0 Å². The Kier molecular flexibility index (Phi) is 6.36. The molecule has 0 bridgehead atoms. The molecule has 2 aromatic rings. The first-order valence-corrected chi connectivity index (χ1v) is 8.33. The van der Waals surface area contributed by atoms with Gasteiger partial charge in [-0.3, -0.25) is 4.79 Å². The van der Waals surface area contributed by atoms with E-state index in [4.69, 9.17) is 4.74 Å². The van der Waals surface area contributed by atoms with Crippen molar-refractivity contribution in [3.8, 4) is 5.75 Å². The molecule has 0 radical (unpaired) electrons. The van der Waals surface area contributed by atoms with E-state index < -0.39 is 11.9 Å². The minimum Gasteiger partial charge on any atom is -0.478 e. The van der Waals surface area contributed by atoms with Crippen molar-refractivity contribution in [2.45, 2.75) is 45.8 Å². The van der Waals surface area contributed by atoms with Gasteiger partial charge in [0.05, 0.1) is 6.04 Å². The van der Waals surface area contributed by atoms with Gasteiger partial charge in [-0.1, -0.05) is 55.8 Å². The molecular formula is C20H24FNO2. The van der Waals surface area contributed by atoms with Gasteiger partial charge >= 0.3 is 0 Å². The average Bonchev–Trinajstić information content (AvgIpc) is 2.59. The zero-order chi connectivity index (χ0) is 17.5. The Labute approximate surface area is 142 Å². The van der Waals surface area contributed by atoms with Crippen molar-refractivity contribution >= 4 is 5.91 Å². The number of para-hydroxylation sites is 1. The van der Waals surface area contributed by atoms with E-state index in [2.05, 4.69) is 5.32 Å². The molecule has 1 N–H and O–H groups in total. The highest BCUT2D eigenvalue weighted by molar-refractivity contribution is 5.81. The number of aryl methyl sites for hydroxylation is 1. The van der Waals surface area contributed by atoms with Gasteiger partial charge in [0.25, 0.3) is 5.91 Å². The summed E-state index contributed by atoms with van der Waals surface area (Å²) in [5.74, 6) is -0.592. The summed E-state index contributed by atoms with van der Waals surface area (Å²) >= 11 is 0. The van der Waals surface area contributed by atoms with Gasteiger partial charge in [0.15, 0.2) is 17.7 Å². The summed E-state index contributed by atoms with van der Waals surface area (Å²) in [5, 5.41) is 3.01. The summed E-state index contributed by atoms with van der Waals surface area (Å²) in [7, 11) is 0. The highest BCUT2D eigenvalue weighted by atomic mass is 19.1. The second-order valence-corrected chi connectivity index (χ2v) is 5.83. The number of hydrogen-bond donors (Lipinski definition) is 1. The van der Waals surface area contributed by atoms with Crippen molar-refractivity contribution in [3.63, 3.8) is 0 Å². The normalized spacial score (nSPS) is 13.2. The zero-order valence-corrected chi connectivity index (χ0v) is 14.4. The van der Waals surface area contributed by atoms with Crippen LogP contribution in [0.1, 0.15) is 43.9 Å². The van der Waals surface area contributed by atoms with E-state index in [1.165, 1.54) is 17.7 Å². The maximum Gasteiger partial charge on any atom is 0.261 e. The Morgan fingerprint density at radius 1 is 1.08 bits per heavy atom. The minimum absolute atomic E-state index is 0.0867. The van der Waals surface area contributed by atoms with Crippen molar-refractivity contribution in [1.82, 2.24) is 5.32 Å². The van der Waals surface area contributed by atoms with Gasteiger partial charge in [-0.25, -0.2) is 4.39 Å². The molecular weight excluding hydrogens is 305 g/mol. The number of halogens is 1. The van der Waals surface area contributed by atoms with Crippen LogP contribution >= 0.6 is 0 Å². The molecule has 128 valence electrons. The number of benzene rings is 2. The summed E-state index contributed by atoms with van der Waals surface area (Å²) in [6.45, 7) is 5.89. The Morgan fingerprint density at radius 3 is 2.33 bits per heavy atom. The fourth-order valence-electron chi connectivity index (χ4n) is 2.50. The summed E-state index contributed by atoms with van der Waals surface area (Å²) in [6, 6.07) is 14.1. The lowest BCUT2D eigenvalue weighted by molar-refractivity contribution is -0.129. The summed E-state index contributed by atoms with van der Waals surface area (Å²) in [4.78, 5) is 12.5. The maximum atomic E-state index is 13.7. The Morgan fingerprint density at radius 2 is 1.75 bits per heavy atom. The van der Waals surface area contributed by atoms with Crippen LogP contribution in [0.3, 0.4) is 0 Å².